The van der Waals surface area contributed by atoms with Crippen LogP contribution in [0.2, 0.25) is 0 Å². The van der Waals surface area contributed by atoms with E-state index in [0.29, 0.717) is 10.9 Å². The number of benzene rings is 1. The molecular weight excluding hydrogens is 302 g/mol. The summed E-state index contributed by atoms with van der Waals surface area (Å²) in [5.74, 6) is -0.242. The summed E-state index contributed by atoms with van der Waals surface area (Å²) in [5.41, 5.74) is 0.918. The summed E-state index contributed by atoms with van der Waals surface area (Å²) in [6, 6.07) is 5.41. The highest BCUT2D eigenvalue weighted by atomic mass is 79.9. The fraction of sp³-hybridized carbons (Fsp3) is 0. The molecule has 2 aromatic heterocycles. The van der Waals surface area contributed by atoms with Crippen LogP contribution in [0.4, 0.5) is 11.6 Å². The molecule has 0 aliphatic carbocycles. The molecule has 2 heterocycles. The molecule has 0 saturated heterocycles. The van der Waals surface area contributed by atoms with Crippen LogP contribution < -0.4 is 5.11 Å². The van der Waals surface area contributed by atoms with Gasteiger partial charge in [0.1, 0.15) is 5.69 Å². The molecule has 1 aromatic carbocycles. The Kier molecular flexibility index (Phi) is 2.52. The van der Waals surface area contributed by atoms with Gasteiger partial charge in [-0.3, -0.25) is 0 Å². The van der Waals surface area contributed by atoms with Crippen LogP contribution in [0.1, 0.15) is 0 Å². The van der Waals surface area contributed by atoms with E-state index in [1.807, 2.05) is 6.07 Å². The largest absolute Gasteiger partial charge is 0.859 e. The SMILES string of the molecule is [O-]c1[nH]c2ccc(Br)cc2c1N=Nc1nn[nH]n1. The lowest BCUT2D eigenvalue weighted by molar-refractivity contribution is -0.273. The number of nitrogens with one attached hydrogen (secondary N) is 2. The lowest BCUT2D eigenvalue weighted by atomic mass is 10.2. The van der Waals surface area contributed by atoms with Gasteiger partial charge in [0.15, 0.2) is 0 Å². The number of aromatic amines is 2. The Labute approximate surface area is 108 Å². The Morgan fingerprint density at radius 3 is 2.94 bits per heavy atom. The number of fused-ring (bicyclic) bond motifs is 1. The van der Waals surface area contributed by atoms with Crippen molar-refractivity contribution in [2.45, 2.75) is 0 Å². The molecule has 3 aromatic rings. The predicted molar refractivity (Wildman–Crippen MR) is 63.8 cm³/mol. The van der Waals surface area contributed by atoms with Crippen LogP contribution in [0.25, 0.3) is 10.9 Å². The van der Waals surface area contributed by atoms with Crippen molar-refractivity contribution >= 4 is 38.5 Å². The van der Waals surface area contributed by atoms with Crippen molar-refractivity contribution in [2.75, 3.05) is 0 Å². The quantitative estimate of drug-likeness (QED) is 0.703. The van der Waals surface area contributed by atoms with Gasteiger partial charge in [0.05, 0.1) is 0 Å². The first-order valence-corrected chi connectivity index (χ1v) is 5.67. The van der Waals surface area contributed by atoms with Gasteiger partial charge in [0.25, 0.3) is 0 Å². The van der Waals surface area contributed by atoms with Gasteiger partial charge in [-0.15, -0.1) is 15.3 Å². The minimum atomic E-state index is -0.310. The second-order valence-corrected chi connectivity index (χ2v) is 4.32. The second kappa shape index (κ2) is 4.18. The van der Waals surface area contributed by atoms with Gasteiger partial charge in [0, 0.05) is 15.4 Å². The Morgan fingerprint density at radius 1 is 1.28 bits per heavy atom. The number of halogens is 1. The highest BCUT2D eigenvalue weighted by Gasteiger charge is 2.06. The molecule has 8 nitrogen and oxygen atoms in total. The standard InChI is InChI=1S/C9H6BrN7O/c10-4-1-2-6-5(3-4)7(8(18)11-6)12-13-9-14-16-17-15-9/h1-3,11,18H,(H,14,15,16,17)/p-1. The summed E-state index contributed by atoms with van der Waals surface area (Å²) in [7, 11) is 0. The lowest BCUT2D eigenvalue weighted by Crippen LogP contribution is -1.88. The average molecular weight is 307 g/mol. The maximum atomic E-state index is 11.7. The number of H-pyrrole nitrogens is 2. The molecule has 3 rings (SSSR count). The van der Waals surface area contributed by atoms with E-state index < -0.39 is 0 Å². The van der Waals surface area contributed by atoms with Crippen LogP contribution in [-0.4, -0.2) is 25.6 Å². The molecule has 0 unspecified atom stereocenters. The van der Waals surface area contributed by atoms with Crippen molar-refractivity contribution in [2.24, 2.45) is 10.2 Å². The number of aromatic nitrogens is 5. The minimum absolute atomic E-state index is 0.0683. The van der Waals surface area contributed by atoms with Crippen molar-refractivity contribution in [3.8, 4) is 5.88 Å². The van der Waals surface area contributed by atoms with Gasteiger partial charge in [0.2, 0.25) is 0 Å². The molecule has 0 saturated carbocycles. The van der Waals surface area contributed by atoms with E-state index in [9.17, 15) is 5.11 Å². The van der Waals surface area contributed by atoms with Gasteiger partial charge in [-0.2, -0.15) is 5.21 Å². The minimum Gasteiger partial charge on any atom is -0.859 e. The maximum absolute atomic E-state index is 11.7. The summed E-state index contributed by atoms with van der Waals surface area (Å²) >= 11 is 3.34. The van der Waals surface area contributed by atoms with E-state index >= 15 is 0 Å². The predicted octanol–water partition coefficient (Wildman–Crippen LogP) is 1.93. The van der Waals surface area contributed by atoms with Gasteiger partial charge in [-0.25, -0.2) is 0 Å². The number of nitrogens with zero attached hydrogens (tertiary/aromatic N) is 5. The van der Waals surface area contributed by atoms with Crippen molar-refractivity contribution < 1.29 is 5.11 Å². The molecule has 0 bridgehead atoms. The molecule has 0 aliphatic heterocycles. The Bertz CT molecular complexity index is 718. The summed E-state index contributed by atoms with van der Waals surface area (Å²) < 4.78 is 0.852. The third-order valence-electron chi connectivity index (χ3n) is 2.27. The highest BCUT2D eigenvalue weighted by molar-refractivity contribution is 9.10. The summed E-state index contributed by atoms with van der Waals surface area (Å²) in [5, 5.41) is 32.8. The van der Waals surface area contributed by atoms with E-state index in [-0.39, 0.29) is 17.5 Å². The second-order valence-electron chi connectivity index (χ2n) is 3.40. The smallest absolute Gasteiger partial charge is 0.307 e. The summed E-state index contributed by atoms with van der Waals surface area (Å²) in [6.45, 7) is 0. The van der Waals surface area contributed by atoms with Gasteiger partial charge < -0.3 is 10.1 Å². The van der Waals surface area contributed by atoms with Crippen LogP contribution >= 0.6 is 15.9 Å². The number of hydrogen-bond donors (Lipinski definition) is 2. The molecule has 0 amide bonds. The zero-order valence-electron chi connectivity index (χ0n) is 8.75. The number of hydrogen-bond acceptors (Lipinski definition) is 6. The number of tetrazole rings is 1. The van der Waals surface area contributed by atoms with Gasteiger partial charge in [-0.1, -0.05) is 21.0 Å². The molecule has 0 fully saturated rings. The third-order valence-corrected chi connectivity index (χ3v) is 2.77. The molecular formula is C9H5BrN7O-. The van der Waals surface area contributed by atoms with E-state index in [2.05, 4.69) is 51.8 Å². The van der Waals surface area contributed by atoms with Crippen LogP contribution in [0, 0.1) is 0 Å². The van der Waals surface area contributed by atoms with Crippen molar-refractivity contribution in [3.05, 3.63) is 22.7 Å². The summed E-state index contributed by atoms with van der Waals surface area (Å²) in [6.07, 6.45) is 0. The van der Waals surface area contributed by atoms with E-state index in [0.717, 1.165) is 4.47 Å². The molecule has 9 heteroatoms. The average Bonchev–Trinajstić information content (AvgIpc) is 2.94. The third kappa shape index (κ3) is 1.84. The zero-order chi connectivity index (χ0) is 12.5. The number of azo groups is 1. The van der Waals surface area contributed by atoms with Crippen LogP contribution in [0.5, 0.6) is 5.88 Å². The molecule has 0 aliphatic rings. The first kappa shape index (κ1) is 10.8. The molecule has 90 valence electrons. The van der Waals surface area contributed by atoms with Crippen LogP contribution in [0.15, 0.2) is 32.9 Å². The van der Waals surface area contributed by atoms with Crippen molar-refractivity contribution in [1.29, 1.82) is 0 Å². The molecule has 2 N–H and O–H groups in total. The highest BCUT2D eigenvalue weighted by Crippen LogP contribution is 2.35. The van der Waals surface area contributed by atoms with Crippen molar-refractivity contribution in [3.63, 3.8) is 0 Å². The molecule has 0 radical (unpaired) electrons. The molecule has 0 atom stereocenters. The van der Waals surface area contributed by atoms with E-state index in [1.165, 1.54) is 0 Å². The van der Waals surface area contributed by atoms with Crippen molar-refractivity contribution in [1.82, 2.24) is 25.6 Å². The fourth-order valence-corrected chi connectivity index (χ4v) is 1.88. The topological polar surface area (TPSA) is 118 Å². The summed E-state index contributed by atoms with van der Waals surface area (Å²) in [4.78, 5) is 2.69. The van der Waals surface area contributed by atoms with Gasteiger partial charge in [-0.05, 0) is 29.3 Å². The monoisotopic (exact) mass is 306 g/mol. The van der Waals surface area contributed by atoms with Crippen LogP contribution in [-0.2, 0) is 0 Å². The first-order valence-electron chi connectivity index (χ1n) is 4.87. The van der Waals surface area contributed by atoms with Gasteiger partial charge >= 0.3 is 5.95 Å². The Balaban J connectivity index is 2.10. The lowest BCUT2D eigenvalue weighted by Gasteiger charge is -1.99. The van der Waals surface area contributed by atoms with Crippen LogP contribution in [0.3, 0.4) is 0 Å². The fourth-order valence-electron chi connectivity index (χ4n) is 1.52. The maximum Gasteiger partial charge on any atom is 0.307 e. The molecule has 0 spiro atoms. The normalized spacial score (nSPS) is 11.6. The van der Waals surface area contributed by atoms with E-state index in [1.54, 1.807) is 12.1 Å². The first-order chi connectivity index (χ1) is 8.74. The van der Waals surface area contributed by atoms with E-state index in [4.69, 9.17) is 0 Å². The Morgan fingerprint density at radius 2 is 2.17 bits per heavy atom. The molecule has 18 heavy (non-hydrogen) atoms. The number of rotatable bonds is 2. The zero-order valence-corrected chi connectivity index (χ0v) is 10.3. The Hall–Kier alpha value is -2.29.